The summed E-state index contributed by atoms with van der Waals surface area (Å²) in [7, 11) is 0. The molecule has 3 amide bonds. The first-order valence-electron chi connectivity index (χ1n) is 10.7. The van der Waals surface area contributed by atoms with E-state index in [0.29, 0.717) is 11.7 Å². The highest BCUT2D eigenvalue weighted by molar-refractivity contribution is 7.22. The van der Waals surface area contributed by atoms with E-state index in [2.05, 4.69) is 17.9 Å². The van der Waals surface area contributed by atoms with E-state index in [-0.39, 0.29) is 37.1 Å². The van der Waals surface area contributed by atoms with Gasteiger partial charge >= 0.3 is 0 Å². The van der Waals surface area contributed by atoms with E-state index in [9.17, 15) is 14.4 Å². The molecule has 2 aliphatic rings. The highest BCUT2D eigenvalue weighted by Crippen LogP contribution is 2.31. The second-order valence-corrected chi connectivity index (χ2v) is 9.14. The Labute approximate surface area is 185 Å². The first-order chi connectivity index (χ1) is 14.9. The van der Waals surface area contributed by atoms with Gasteiger partial charge in [-0.3, -0.25) is 29.1 Å². The van der Waals surface area contributed by atoms with E-state index in [1.54, 1.807) is 4.90 Å². The molecule has 0 bridgehead atoms. The van der Waals surface area contributed by atoms with Crippen molar-refractivity contribution in [3.63, 3.8) is 0 Å². The lowest BCUT2D eigenvalue weighted by atomic mass is 10.1. The van der Waals surface area contributed by atoms with Gasteiger partial charge in [0.2, 0.25) is 17.7 Å². The number of anilines is 1. The Kier molecular flexibility index (Phi) is 6.64. The van der Waals surface area contributed by atoms with Gasteiger partial charge in [0, 0.05) is 39.0 Å². The molecule has 166 valence electrons. The second-order valence-electron chi connectivity index (χ2n) is 8.13. The van der Waals surface area contributed by atoms with E-state index in [4.69, 9.17) is 9.72 Å². The molecule has 0 N–H and O–H groups in total. The standard InChI is InChI=1S/C22H28N4O4S/c1-15-12-17-18(13-16(15)2)31-22(23-17)25(7-3-6-24-8-10-30-11-9-24)21(29)14-26-19(27)4-5-20(26)28/h12-13H,3-11,14H2,1-2H3. The molecule has 0 radical (unpaired) electrons. The number of carbonyl (C=O) groups is 3. The maximum absolute atomic E-state index is 13.2. The first-order valence-corrected chi connectivity index (χ1v) is 11.6. The molecule has 4 rings (SSSR count). The fourth-order valence-corrected chi connectivity index (χ4v) is 5.00. The molecule has 0 atom stereocenters. The van der Waals surface area contributed by atoms with Gasteiger partial charge in [0.05, 0.1) is 23.4 Å². The molecule has 0 unspecified atom stereocenters. The fraction of sp³-hybridized carbons (Fsp3) is 0.545. The number of morpholine rings is 1. The van der Waals surface area contributed by atoms with Crippen LogP contribution in [-0.2, 0) is 19.1 Å². The Bertz CT molecular complexity index is 944. The van der Waals surface area contributed by atoms with Crippen LogP contribution in [0.3, 0.4) is 0 Å². The van der Waals surface area contributed by atoms with Crippen LogP contribution in [0.25, 0.3) is 10.2 Å². The van der Waals surface area contributed by atoms with Gasteiger partial charge in [0.25, 0.3) is 0 Å². The lowest BCUT2D eigenvalue weighted by Crippen LogP contribution is -2.44. The summed E-state index contributed by atoms with van der Waals surface area (Å²) in [6.07, 6.45) is 1.15. The summed E-state index contributed by atoms with van der Waals surface area (Å²) in [6, 6.07) is 4.13. The van der Waals surface area contributed by atoms with E-state index in [0.717, 1.165) is 59.9 Å². The number of fused-ring (bicyclic) bond motifs is 1. The van der Waals surface area contributed by atoms with Crippen LogP contribution in [0.4, 0.5) is 5.13 Å². The number of aryl methyl sites for hydroxylation is 2. The number of hydrogen-bond acceptors (Lipinski definition) is 7. The summed E-state index contributed by atoms with van der Waals surface area (Å²) in [5.41, 5.74) is 3.20. The molecule has 8 nitrogen and oxygen atoms in total. The summed E-state index contributed by atoms with van der Waals surface area (Å²) in [6.45, 7) is 8.49. The Morgan fingerprint density at radius 2 is 1.81 bits per heavy atom. The van der Waals surface area contributed by atoms with Crippen molar-refractivity contribution in [2.75, 3.05) is 50.8 Å². The molecular weight excluding hydrogens is 416 g/mol. The second kappa shape index (κ2) is 9.42. The van der Waals surface area contributed by atoms with Gasteiger partial charge in [-0.25, -0.2) is 4.98 Å². The molecular formula is C22H28N4O4S. The summed E-state index contributed by atoms with van der Waals surface area (Å²) in [4.78, 5) is 47.0. The predicted octanol–water partition coefficient (Wildman–Crippen LogP) is 2.12. The van der Waals surface area contributed by atoms with Crippen LogP contribution < -0.4 is 4.90 Å². The molecule has 2 aromatic rings. The van der Waals surface area contributed by atoms with Crippen molar-refractivity contribution in [2.45, 2.75) is 33.1 Å². The molecule has 1 aromatic carbocycles. The number of hydrogen-bond donors (Lipinski definition) is 0. The van der Waals surface area contributed by atoms with Gasteiger partial charge in [-0.05, 0) is 43.5 Å². The van der Waals surface area contributed by atoms with Crippen molar-refractivity contribution in [1.82, 2.24) is 14.8 Å². The lowest BCUT2D eigenvalue weighted by Gasteiger charge is -2.28. The van der Waals surface area contributed by atoms with Crippen molar-refractivity contribution in [3.8, 4) is 0 Å². The predicted molar refractivity (Wildman–Crippen MR) is 119 cm³/mol. The molecule has 0 aliphatic carbocycles. The minimum absolute atomic E-state index is 0.183. The van der Waals surface area contributed by atoms with Crippen molar-refractivity contribution in [1.29, 1.82) is 0 Å². The fourth-order valence-electron chi connectivity index (χ4n) is 3.91. The van der Waals surface area contributed by atoms with Crippen LogP contribution >= 0.6 is 11.3 Å². The Morgan fingerprint density at radius 1 is 1.13 bits per heavy atom. The smallest absolute Gasteiger partial charge is 0.248 e. The SMILES string of the molecule is Cc1cc2nc(N(CCCN3CCOCC3)C(=O)CN3C(=O)CCC3=O)sc2cc1C. The number of rotatable bonds is 7. The Balaban J connectivity index is 1.53. The van der Waals surface area contributed by atoms with Gasteiger partial charge in [0.1, 0.15) is 6.54 Å². The summed E-state index contributed by atoms with van der Waals surface area (Å²) < 4.78 is 6.42. The van der Waals surface area contributed by atoms with Crippen molar-refractivity contribution < 1.29 is 19.1 Å². The largest absolute Gasteiger partial charge is 0.379 e. The minimum Gasteiger partial charge on any atom is -0.379 e. The number of benzene rings is 1. The molecule has 31 heavy (non-hydrogen) atoms. The maximum atomic E-state index is 13.2. The zero-order valence-electron chi connectivity index (χ0n) is 18.1. The summed E-state index contributed by atoms with van der Waals surface area (Å²) in [5.74, 6) is -0.817. The van der Waals surface area contributed by atoms with Crippen LogP contribution in [0.15, 0.2) is 12.1 Å². The molecule has 1 aromatic heterocycles. The van der Waals surface area contributed by atoms with Gasteiger partial charge in [0.15, 0.2) is 5.13 Å². The van der Waals surface area contributed by atoms with Crippen LogP contribution in [-0.4, -0.2) is 78.4 Å². The Morgan fingerprint density at radius 3 is 2.52 bits per heavy atom. The van der Waals surface area contributed by atoms with Crippen LogP contribution in [0.1, 0.15) is 30.4 Å². The third kappa shape index (κ3) is 4.94. The zero-order chi connectivity index (χ0) is 22.0. The third-order valence-electron chi connectivity index (χ3n) is 5.93. The molecule has 3 heterocycles. The lowest BCUT2D eigenvalue weighted by molar-refractivity contribution is -0.141. The quantitative estimate of drug-likeness (QED) is 0.609. The van der Waals surface area contributed by atoms with Gasteiger partial charge in [-0.15, -0.1) is 0 Å². The monoisotopic (exact) mass is 444 g/mol. The molecule has 0 spiro atoms. The Hall–Kier alpha value is -2.36. The van der Waals surface area contributed by atoms with Crippen LogP contribution in [0.5, 0.6) is 0 Å². The first kappa shape index (κ1) is 21.9. The minimum atomic E-state index is -0.276. The number of thiazole rings is 1. The molecule has 0 saturated carbocycles. The third-order valence-corrected chi connectivity index (χ3v) is 6.97. The topological polar surface area (TPSA) is 83.1 Å². The number of carbonyl (C=O) groups excluding carboxylic acids is 3. The number of nitrogens with zero attached hydrogens (tertiary/aromatic N) is 4. The maximum Gasteiger partial charge on any atom is 0.248 e. The van der Waals surface area contributed by atoms with Gasteiger partial charge in [-0.2, -0.15) is 0 Å². The van der Waals surface area contributed by atoms with Crippen molar-refractivity contribution in [2.24, 2.45) is 0 Å². The van der Waals surface area contributed by atoms with Crippen molar-refractivity contribution >= 4 is 44.4 Å². The number of aromatic nitrogens is 1. The normalized spacial score (nSPS) is 17.7. The molecule has 2 fully saturated rings. The number of amides is 3. The summed E-state index contributed by atoms with van der Waals surface area (Å²) >= 11 is 1.47. The number of imide groups is 1. The van der Waals surface area contributed by atoms with Crippen LogP contribution in [0, 0.1) is 13.8 Å². The average Bonchev–Trinajstić information content (AvgIpc) is 3.29. The number of likely N-dealkylation sites (tertiary alicyclic amines) is 1. The molecule has 2 saturated heterocycles. The van der Waals surface area contributed by atoms with E-state index < -0.39 is 0 Å². The highest BCUT2D eigenvalue weighted by atomic mass is 32.1. The van der Waals surface area contributed by atoms with Gasteiger partial charge in [-0.1, -0.05) is 11.3 Å². The number of ether oxygens (including phenoxy) is 1. The average molecular weight is 445 g/mol. The molecule has 9 heteroatoms. The zero-order valence-corrected chi connectivity index (χ0v) is 18.9. The van der Waals surface area contributed by atoms with E-state index >= 15 is 0 Å². The van der Waals surface area contributed by atoms with E-state index in [1.165, 1.54) is 16.9 Å². The summed E-state index contributed by atoms with van der Waals surface area (Å²) in [5, 5.41) is 0.617. The molecule has 2 aliphatic heterocycles. The van der Waals surface area contributed by atoms with Gasteiger partial charge < -0.3 is 4.74 Å². The van der Waals surface area contributed by atoms with E-state index in [1.807, 2.05) is 13.0 Å². The highest BCUT2D eigenvalue weighted by Gasteiger charge is 2.32. The van der Waals surface area contributed by atoms with Crippen LogP contribution in [0.2, 0.25) is 0 Å². The van der Waals surface area contributed by atoms with Crippen molar-refractivity contribution in [3.05, 3.63) is 23.3 Å².